The van der Waals surface area contributed by atoms with Crippen LogP contribution in [0.3, 0.4) is 0 Å². The Kier molecular flexibility index (Phi) is 57.6. The van der Waals surface area contributed by atoms with Crippen molar-refractivity contribution in [3.05, 3.63) is 72.9 Å². The third-order valence-corrected chi connectivity index (χ3v) is 14.3. The van der Waals surface area contributed by atoms with Gasteiger partial charge in [-0.25, -0.2) is 4.57 Å². The van der Waals surface area contributed by atoms with Crippen LogP contribution in [-0.2, 0) is 32.7 Å². The standard InChI is InChI=1S/C64H116NO8P/c1-3-5-7-9-11-13-15-17-19-21-22-23-24-25-26-27-28-29-30-31-32-33-34-35-36-37-38-39-40-41-43-45-47-49-51-53-55-57-64(67)73-62(61-72-74(68,69)71-59-58-65)60-70-63(66)56-54-52-50-48-46-44-42-20-18-16-14-12-10-8-6-4-2/h5,7,11,13-14,16-17,19-20,22-23,42,62H,3-4,6,8-10,12,15,18,21,24-41,43-61,65H2,1-2H3,(H,68,69)/b7-5-,13-11-,16-14-,19-17-,23-22-,42-20-. The molecule has 0 heterocycles. The smallest absolute Gasteiger partial charge is 0.462 e. The lowest BCUT2D eigenvalue weighted by molar-refractivity contribution is -0.161. The van der Waals surface area contributed by atoms with Gasteiger partial charge in [0.2, 0.25) is 0 Å². The molecule has 0 aromatic rings. The number of phosphoric ester groups is 1. The minimum atomic E-state index is -4.39. The molecule has 0 radical (unpaired) electrons. The Hall–Kier alpha value is -2.55. The lowest BCUT2D eigenvalue weighted by Crippen LogP contribution is -2.29. The van der Waals surface area contributed by atoms with E-state index in [-0.39, 0.29) is 32.6 Å². The maximum atomic E-state index is 12.7. The largest absolute Gasteiger partial charge is 0.472 e. The molecule has 0 saturated heterocycles. The van der Waals surface area contributed by atoms with Gasteiger partial charge in [0.15, 0.2) is 6.10 Å². The van der Waals surface area contributed by atoms with E-state index in [4.69, 9.17) is 24.3 Å². The number of carbonyl (C=O) groups is 2. The summed E-state index contributed by atoms with van der Waals surface area (Å²) in [6.45, 7) is 3.62. The van der Waals surface area contributed by atoms with E-state index in [1.165, 1.54) is 173 Å². The number of esters is 2. The van der Waals surface area contributed by atoms with Gasteiger partial charge in [0.05, 0.1) is 13.2 Å². The molecule has 0 aliphatic carbocycles. The Morgan fingerprint density at radius 3 is 1.11 bits per heavy atom. The summed E-state index contributed by atoms with van der Waals surface area (Å²) >= 11 is 0. The number of hydrogen-bond donors (Lipinski definition) is 2. The summed E-state index contributed by atoms with van der Waals surface area (Å²) < 4.78 is 33.0. The predicted octanol–water partition coefficient (Wildman–Crippen LogP) is 19.7. The number of hydrogen-bond acceptors (Lipinski definition) is 8. The topological polar surface area (TPSA) is 134 Å². The summed E-state index contributed by atoms with van der Waals surface area (Å²) in [5.41, 5.74) is 5.38. The molecule has 0 aliphatic heterocycles. The molecule has 9 nitrogen and oxygen atoms in total. The van der Waals surface area contributed by atoms with E-state index in [1.54, 1.807) is 0 Å². The summed E-state index contributed by atoms with van der Waals surface area (Å²) in [6.07, 6.45) is 77.0. The van der Waals surface area contributed by atoms with Crippen molar-refractivity contribution < 1.29 is 37.6 Å². The molecular formula is C64H116NO8P. The van der Waals surface area contributed by atoms with Crippen molar-refractivity contribution in [3.63, 3.8) is 0 Å². The first-order valence-electron chi connectivity index (χ1n) is 30.9. The van der Waals surface area contributed by atoms with Gasteiger partial charge in [-0.15, -0.1) is 0 Å². The molecule has 10 heteroatoms. The first-order valence-corrected chi connectivity index (χ1v) is 32.4. The normalized spacial score (nSPS) is 13.5. The number of allylic oxidation sites excluding steroid dienone is 12. The molecule has 430 valence electrons. The molecule has 74 heavy (non-hydrogen) atoms. The Bertz CT molecular complexity index is 1440. The molecule has 0 rings (SSSR count). The first kappa shape index (κ1) is 71.5. The number of ether oxygens (including phenoxy) is 2. The highest BCUT2D eigenvalue weighted by Gasteiger charge is 2.26. The molecule has 3 N–H and O–H groups in total. The van der Waals surface area contributed by atoms with E-state index in [0.717, 1.165) is 77.0 Å². The summed E-state index contributed by atoms with van der Waals surface area (Å²) in [4.78, 5) is 35.2. The third kappa shape index (κ3) is 58.7. The average Bonchev–Trinajstić information content (AvgIpc) is 3.39. The van der Waals surface area contributed by atoms with Crippen LogP contribution < -0.4 is 5.73 Å². The highest BCUT2D eigenvalue weighted by Crippen LogP contribution is 2.43. The second kappa shape index (κ2) is 59.7. The second-order valence-electron chi connectivity index (χ2n) is 20.5. The zero-order valence-electron chi connectivity index (χ0n) is 48.1. The molecule has 2 unspecified atom stereocenters. The fraction of sp³-hybridized carbons (Fsp3) is 0.781. The van der Waals surface area contributed by atoms with Crippen molar-refractivity contribution in [2.24, 2.45) is 5.73 Å². The quantitative estimate of drug-likeness (QED) is 0.0264. The van der Waals surface area contributed by atoms with Gasteiger partial charge in [-0.1, -0.05) is 267 Å². The summed E-state index contributed by atoms with van der Waals surface area (Å²) in [5, 5.41) is 0. The maximum Gasteiger partial charge on any atom is 0.472 e. The Labute approximate surface area is 456 Å². The van der Waals surface area contributed by atoms with Crippen molar-refractivity contribution in [3.8, 4) is 0 Å². The van der Waals surface area contributed by atoms with Crippen LogP contribution in [0.4, 0.5) is 0 Å². The van der Waals surface area contributed by atoms with E-state index in [0.29, 0.717) is 12.8 Å². The highest BCUT2D eigenvalue weighted by molar-refractivity contribution is 7.47. The molecular weight excluding hydrogens is 942 g/mol. The molecule has 0 saturated carbocycles. The van der Waals surface area contributed by atoms with Crippen LogP contribution in [0.5, 0.6) is 0 Å². The Morgan fingerprint density at radius 1 is 0.419 bits per heavy atom. The lowest BCUT2D eigenvalue weighted by Gasteiger charge is -2.19. The highest BCUT2D eigenvalue weighted by atomic mass is 31.2. The molecule has 0 bridgehead atoms. The van der Waals surface area contributed by atoms with E-state index in [9.17, 15) is 19.0 Å². The van der Waals surface area contributed by atoms with E-state index in [1.807, 2.05) is 0 Å². The first-order chi connectivity index (χ1) is 36.3. The predicted molar refractivity (Wildman–Crippen MR) is 316 cm³/mol. The van der Waals surface area contributed by atoms with Crippen LogP contribution in [0, 0.1) is 0 Å². The number of phosphoric acid groups is 1. The minimum absolute atomic E-state index is 0.0511. The van der Waals surface area contributed by atoms with Crippen molar-refractivity contribution in [2.45, 2.75) is 296 Å². The van der Waals surface area contributed by atoms with Crippen LogP contribution in [0.15, 0.2) is 72.9 Å². The fourth-order valence-electron chi connectivity index (χ4n) is 8.78. The summed E-state index contributed by atoms with van der Waals surface area (Å²) in [6, 6.07) is 0. The Morgan fingerprint density at radius 2 is 0.743 bits per heavy atom. The van der Waals surface area contributed by atoms with Crippen LogP contribution in [0.2, 0.25) is 0 Å². The zero-order valence-corrected chi connectivity index (χ0v) is 49.0. The minimum Gasteiger partial charge on any atom is -0.462 e. The van der Waals surface area contributed by atoms with Crippen molar-refractivity contribution in [2.75, 3.05) is 26.4 Å². The molecule has 0 aromatic heterocycles. The summed E-state index contributed by atoms with van der Waals surface area (Å²) in [7, 11) is -4.39. The molecule has 0 fully saturated rings. The third-order valence-electron chi connectivity index (χ3n) is 13.3. The average molecular weight is 1060 g/mol. The van der Waals surface area contributed by atoms with Crippen LogP contribution in [0.25, 0.3) is 0 Å². The molecule has 2 atom stereocenters. The van der Waals surface area contributed by atoms with Gasteiger partial charge in [0, 0.05) is 19.4 Å². The van der Waals surface area contributed by atoms with Crippen molar-refractivity contribution in [1.82, 2.24) is 0 Å². The molecule has 0 aliphatic rings. The zero-order chi connectivity index (χ0) is 53.8. The van der Waals surface area contributed by atoms with Crippen molar-refractivity contribution in [1.29, 1.82) is 0 Å². The van der Waals surface area contributed by atoms with Gasteiger partial charge >= 0.3 is 19.8 Å². The second-order valence-corrected chi connectivity index (χ2v) is 22.0. The SMILES string of the molecule is CC/C=C\C/C=C\C/C=C\C/C=C\CCCCCCCCCCCCCCCCCCCCCCCCCCC(=O)OC(COC(=O)CCCCCCC/C=C\C/C=C\CCCCCC)COP(=O)(O)OCCN. The van der Waals surface area contributed by atoms with Gasteiger partial charge in [-0.3, -0.25) is 18.6 Å². The molecule has 0 aromatic carbocycles. The van der Waals surface area contributed by atoms with Gasteiger partial charge in [-0.2, -0.15) is 0 Å². The molecule has 0 amide bonds. The molecule has 0 spiro atoms. The van der Waals surface area contributed by atoms with E-state index in [2.05, 4.69) is 86.8 Å². The van der Waals surface area contributed by atoms with Crippen LogP contribution >= 0.6 is 7.82 Å². The monoisotopic (exact) mass is 1060 g/mol. The fourth-order valence-corrected chi connectivity index (χ4v) is 9.54. The van der Waals surface area contributed by atoms with Gasteiger partial charge in [-0.05, 0) is 83.5 Å². The number of carbonyl (C=O) groups excluding carboxylic acids is 2. The number of unbranched alkanes of at least 4 members (excludes halogenated alkanes) is 33. The maximum absolute atomic E-state index is 12.7. The van der Waals surface area contributed by atoms with Gasteiger partial charge < -0.3 is 20.1 Å². The number of nitrogens with two attached hydrogens (primary N) is 1. The lowest BCUT2D eigenvalue weighted by atomic mass is 10.0. The van der Waals surface area contributed by atoms with Gasteiger partial charge in [0.1, 0.15) is 6.61 Å². The van der Waals surface area contributed by atoms with E-state index < -0.39 is 32.5 Å². The summed E-state index contributed by atoms with van der Waals surface area (Å²) in [5.74, 6) is -0.834. The Balaban J connectivity index is 3.81. The van der Waals surface area contributed by atoms with Crippen molar-refractivity contribution >= 4 is 19.8 Å². The van der Waals surface area contributed by atoms with Crippen LogP contribution in [-0.4, -0.2) is 49.3 Å². The van der Waals surface area contributed by atoms with Gasteiger partial charge in [0.25, 0.3) is 0 Å². The van der Waals surface area contributed by atoms with E-state index >= 15 is 0 Å². The van der Waals surface area contributed by atoms with Crippen LogP contribution in [0.1, 0.15) is 290 Å². The number of rotatable bonds is 58.